The molecule has 2 atom stereocenters. The number of hydrogen-bond acceptors (Lipinski definition) is 9. The van der Waals surface area contributed by atoms with Crippen molar-refractivity contribution in [1.82, 2.24) is 15.5 Å². The van der Waals surface area contributed by atoms with Crippen LogP contribution in [0.5, 0.6) is 5.75 Å². The predicted octanol–water partition coefficient (Wildman–Crippen LogP) is 4.99. The van der Waals surface area contributed by atoms with Gasteiger partial charge in [0.25, 0.3) is 0 Å². The van der Waals surface area contributed by atoms with Gasteiger partial charge in [-0.05, 0) is 62.8 Å². The minimum Gasteiger partial charge on any atom is -0.434 e. The molecule has 2 aromatic heterocycles. The Hall–Kier alpha value is -4.06. The molecule has 2 aliphatic heterocycles. The van der Waals surface area contributed by atoms with Crippen LogP contribution >= 0.6 is 0 Å². The Labute approximate surface area is 235 Å². The van der Waals surface area contributed by atoms with Crippen LogP contribution in [0.25, 0.3) is 11.3 Å². The van der Waals surface area contributed by atoms with Gasteiger partial charge in [-0.15, -0.1) is 0 Å². The fraction of sp³-hybridized carbons (Fsp3) is 0.448. The van der Waals surface area contributed by atoms with E-state index in [2.05, 4.69) is 25.5 Å². The number of oxime groups is 1. The summed E-state index contributed by atoms with van der Waals surface area (Å²) >= 11 is 0. The SMILES string of the molecule is CO/N=C(\NC=O)c1ccc(N2C3CCC2CC(OCc2c(-c4ccccc4OC(F)F)noc2C2CC2)C3)nc1. The summed E-state index contributed by atoms with van der Waals surface area (Å²) in [6, 6.07) is 11.0. The molecule has 4 heterocycles. The van der Waals surface area contributed by atoms with Gasteiger partial charge in [-0.3, -0.25) is 4.79 Å². The Kier molecular flexibility index (Phi) is 7.82. The summed E-state index contributed by atoms with van der Waals surface area (Å²) in [5.74, 6) is 2.28. The van der Waals surface area contributed by atoms with Crippen LogP contribution in [0.2, 0.25) is 0 Å². The summed E-state index contributed by atoms with van der Waals surface area (Å²) < 4.78 is 43.1. The van der Waals surface area contributed by atoms with E-state index in [1.165, 1.54) is 13.2 Å². The van der Waals surface area contributed by atoms with E-state index in [0.29, 0.717) is 29.1 Å². The lowest BCUT2D eigenvalue weighted by atomic mass is 9.99. The van der Waals surface area contributed by atoms with Gasteiger partial charge >= 0.3 is 6.61 Å². The van der Waals surface area contributed by atoms with E-state index < -0.39 is 6.61 Å². The zero-order valence-corrected chi connectivity index (χ0v) is 22.5. The molecule has 3 fully saturated rings. The fourth-order valence-electron chi connectivity index (χ4n) is 6.03. The maximum atomic E-state index is 13.1. The number of amidine groups is 1. The van der Waals surface area contributed by atoms with E-state index in [1.54, 1.807) is 24.4 Å². The summed E-state index contributed by atoms with van der Waals surface area (Å²) in [5.41, 5.74) is 2.41. The lowest BCUT2D eigenvalue weighted by Crippen LogP contribution is -2.46. The lowest BCUT2D eigenvalue weighted by Gasteiger charge is -2.39. The molecule has 216 valence electrons. The molecule has 1 aliphatic carbocycles. The molecule has 1 N–H and O–H groups in total. The molecule has 0 spiro atoms. The summed E-state index contributed by atoms with van der Waals surface area (Å²) in [6.45, 7) is -2.65. The van der Waals surface area contributed by atoms with Gasteiger partial charge < -0.3 is 29.1 Å². The van der Waals surface area contributed by atoms with Crippen molar-refractivity contribution in [3.63, 3.8) is 0 Å². The molecule has 2 bridgehead atoms. The third kappa shape index (κ3) is 5.74. The highest BCUT2D eigenvalue weighted by Gasteiger charge is 2.42. The number of anilines is 1. The number of piperidine rings is 1. The normalized spacial score (nSPS) is 22.2. The van der Waals surface area contributed by atoms with Crippen molar-refractivity contribution in [3.8, 4) is 17.0 Å². The van der Waals surface area contributed by atoms with Crippen LogP contribution in [0.1, 0.15) is 61.3 Å². The number of aromatic nitrogens is 2. The molecule has 1 aromatic carbocycles. The Bertz CT molecular complexity index is 1380. The minimum atomic E-state index is -2.94. The summed E-state index contributed by atoms with van der Waals surface area (Å²) in [7, 11) is 1.41. The van der Waals surface area contributed by atoms with Gasteiger partial charge in [0.2, 0.25) is 6.41 Å². The van der Waals surface area contributed by atoms with E-state index in [1.807, 2.05) is 12.1 Å². The zero-order chi connectivity index (χ0) is 28.3. The molecule has 41 heavy (non-hydrogen) atoms. The molecule has 2 unspecified atom stereocenters. The molecule has 3 aliphatic rings. The van der Waals surface area contributed by atoms with Gasteiger partial charge in [0.1, 0.15) is 30.1 Å². The lowest BCUT2D eigenvalue weighted by molar-refractivity contribution is -0.108. The molecule has 12 heteroatoms. The van der Waals surface area contributed by atoms with Gasteiger partial charge in [-0.25, -0.2) is 4.98 Å². The average molecular weight is 568 g/mol. The number of carbonyl (C=O) groups is 1. The first-order chi connectivity index (χ1) is 20.1. The van der Waals surface area contributed by atoms with Crippen molar-refractivity contribution in [2.45, 2.75) is 75.8 Å². The number of pyridine rings is 1. The van der Waals surface area contributed by atoms with Crippen LogP contribution < -0.4 is 15.0 Å². The standard InChI is InChI=1S/C29H31F2N5O5/c1-38-35-28(33-16-37)18-8-11-25(32-14-18)36-19-9-10-20(36)13-21(12-19)39-15-23-26(34-41-27(23)17-6-7-17)22-4-2-3-5-24(22)40-29(30)31/h2-5,8,11,14,16-17,19-21,29H,6-7,9-10,12-13,15H2,1H3,(H,33,35,37). The third-order valence-electron chi connectivity index (χ3n) is 7.94. The largest absolute Gasteiger partial charge is 0.434 e. The molecule has 6 rings (SSSR count). The van der Waals surface area contributed by atoms with Crippen molar-refractivity contribution in [3.05, 3.63) is 59.5 Å². The number of fused-ring (bicyclic) bond motifs is 2. The zero-order valence-electron chi connectivity index (χ0n) is 22.5. The Balaban J connectivity index is 1.16. The average Bonchev–Trinajstić information content (AvgIpc) is 3.67. The second-order valence-corrected chi connectivity index (χ2v) is 10.5. The Morgan fingerprint density at radius 1 is 1.17 bits per heavy atom. The van der Waals surface area contributed by atoms with Crippen LogP contribution in [0.15, 0.2) is 52.3 Å². The topological polar surface area (TPSA) is 111 Å². The predicted molar refractivity (Wildman–Crippen MR) is 145 cm³/mol. The minimum absolute atomic E-state index is 0.0302. The molecule has 10 nitrogen and oxygen atoms in total. The monoisotopic (exact) mass is 567 g/mol. The third-order valence-corrected chi connectivity index (χ3v) is 7.94. The Morgan fingerprint density at radius 2 is 1.95 bits per heavy atom. The van der Waals surface area contributed by atoms with Gasteiger partial charge in [0, 0.05) is 40.9 Å². The number of para-hydroxylation sites is 1. The summed E-state index contributed by atoms with van der Waals surface area (Å²) in [5, 5.41) is 10.6. The van der Waals surface area contributed by atoms with Crippen LogP contribution in [0.3, 0.4) is 0 Å². The molecule has 2 saturated heterocycles. The van der Waals surface area contributed by atoms with E-state index >= 15 is 0 Å². The summed E-state index contributed by atoms with van der Waals surface area (Å²) in [6.07, 6.45) is 8.03. The van der Waals surface area contributed by atoms with E-state index in [-0.39, 0.29) is 36.5 Å². The molecule has 1 saturated carbocycles. The Morgan fingerprint density at radius 3 is 2.61 bits per heavy atom. The van der Waals surface area contributed by atoms with E-state index in [4.69, 9.17) is 18.8 Å². The first kappa shape index (κ1) is 27.1. The molecule has 1 amide bonds. The highest BCUT2D eigenvalue weighted by molar-refractivity contribution is 6.03. The molecular formula is C29H31F2N5O5. The first-order valence-corrected chi connectivity index (χ1v) is 13.8. The second-order valence-electron chi connectivity index (χ2n) is 10.5. The van der Waals surface area contributed by atoms with Crippen LogP contribution in [0, 0.1) is 0 Å². The fourth-order valence-corrected chi connectivity index (χ4v) is 6.03. The molecule has 0 radical (unpaired) electrons. The number of halogens is 2. The number of rotatable bonds is 11. The van der Waals surface area contributed by atoms with Crippen molar-refractivity contribution < 1.29 is 32.4 Å². The number of hydrogen-bond donors (Lipinski definition) is 1. The quantitative estimate of drug-likeness (QED) is 0.149. The van der Waals surface area contributed by atoms with Crippen molar-refractivity contribution >= 4 is 18.1 Å². The number of ether oxygens (including phenoxy) is 2. The highest BCUT2D eigenvalue weighted by Crippen LogP contribution is 2.46. The molecular weight excluding hydrogens is 536 g/mol. The van der Waals surface area contributed by atoms with Gasteiger partial charge in [0.05, 0.1) is 12.7 Å². The van der Waals surface area contributed by atoms with Crippen LogP contribution in [0.4, 0.5) is 14.6 Å². The second kappa shape index (κ2) is 11.8. The summed E-state index contributed by atoms with van der Waals surface area (Å²) in [4.78, 5) is 22.7. The van der Waals surface area contributed by atoms with Crippen molar-refractivity contribution in [2.75, 3.05) is 12.0 Å². The maximum absolute atomic E-state index is 13.1. The smallest absolute Gasteiger partial charge is 0.387 e. The number of carbonyl (C=O) groups excluding carboxylic acids is 1. The van der Waals surface area contributed by atoms with Crippen LogP contribution in [-0.4, -0.2) is 54.3 Å². The number of benzene rings is 1. The van der Waals surface area contributed by atoms with Gasteiger partial charge in [-0.1, -0.05) is 22.4 Å². The molecule has 3 aromatic rings. The number of amides is 1. The first-order valence-electron chi connectivity index (χ1n) is 13.8. The van der Waals surface area contributed by atoms with Gasteiger partial charge in [-0.2, -0.15) is 8.78 Å². The van der Waals surface area contributed by atoms with E-state index in [9.17, 15) is 13.6 Å². The highest BCUT2D eigenvalue weighted by atomic mass is 19.3. The number of nitrogens with one attached hydrogen (secondary N) is 1. The van der Waals surface area contributed by atoms with Crippen molar-refractivity contribution in [1.29, 1.82) is 0 Å². The van der Waals surface area contributed by atoms with Gasteiger partial charge in [0.15, 0.2) is 5.84 Å². The number of nitrogens with zero attached hydrogens (tertiary/aromatic N) is 4. The number of alkyl halides is 2. The van der Waals surface area contributed by atoms with E-state index in [0.717, 1.165) is 55.7 Å². The van der Waals surface area contributed by atoms with Crippen molar-refractivity contribution in [2.24, 2.45) is 5.16 Å². The maximum Gasteiger partial charge on any atom is 0.387 e. The van der Waals surface area contributed by atoms with Crippen LogP contribution in [-0.2, 0) is 21.0 Å².